The molecule has 1 aliphatic rings. The van der Waals surface area contributed by atoms with Crippen LogP contribution < -0.4 is 5.73 Å². The van der Waals surface area contributed by atoms with Crippen LogP contribution in [0.5, 0.6) is 0 Å². The van der Waals surface area contributed by atoms with E-state index in [4.69, 9.17) is 5.73 Å². The van der Waals surface area contributed by atoms with Crippen molar-refractivity contribution in [1.82, 2.24) is 4.90 Å². The summed E-state index contributed by atoms with van der Waals surface area (Å²) in [5.41, 5.74) is 5.51. The number of hydrogen-bond acceptors (Lipinski definition) is 2. The van der Waals surface area contributed by atoms with E-state index in [-0.39, 0.29) is 5.91 Å². The van der Waals surface area contributed by atoms with Crippen LogP contribution in [-0.2, 0) is 4.79 Å². The second kappa shape index (κ2) is 6.11. The molecular formula is C12H24N2O. The average Bonchev–Trinajstić information content (AvgIpc) is 2.70. The van der Waals surface area contributed by atoms with Gasteiger partial charge in [0.1, 0.15) is 0 Å². The van der Waals surface area contributed by atoms with Crippen LogP contribution in [0.3, 0.4) is 0 Å². The third kappa shape index (κ3) is 4.20. The van der Waals surface area contributed by atoms with Crippen LogP contribution in [0.15, 0.2) is 0 Å². The van der Waals surface area contributed by atoms with Crippen molar-refractivity contribution in [2.75, 3.05) is 20.1 Å². The molecule has 88 valence electrons. The van der Waals surface area contributed by atoms with E-state index in [1.807, 2.05) is 18.9 Å². The topological polar surface area (TPSA) is 46.3 Å². The van der Waals surface area contributed by atoms with E-state index in [2.05, 4.69) is 0 Å². The lowest BCUT2D eigenvalue weighted by atomic mass is 10.1. The lowest BCUT2D eigenvalue weighted by molar-refractivity contribution is -0.131. The summed E-state index contributed by atoms with van der Waals surface area (Å²) < 4.78 is 0. The average molecular weight is 212 g/mol. The van der Waals surface area contributed by atoms with Crippen LogP contribution in [0.1, 0.15) is 39.0 Å². The minimum absolute atomic E-state index is 0.250. The van der Waals surface area contributed by atoms with Crippen LogP contribution in [0.25, 0.3) is 0 Å². The molecule has 1 atom stereocenters. The SMILES string of the molecule is CC(CN)CC(=O)N(C)CC1CCCC1. The van der Waals surface area contributed by atoms with Gasteiger partial charge in [0.25, 0.3) is 0 Å². The lowest BCUT2D eigenvalue weighted by Gasteiger charge is -2.22. The number of carbonyl (C=O) groups is 1. The zero-order chi connectivity index (χ0) is 11.3. The molecule has 0 spiro atoms. The first-order valence-corrected chi connectivity index (χ1v) is 6.07. The first-order valence-electron chi connectivity index (χ1n) is 6.07. The summed E-state index contributed by atoms with van der Waals surface area (Å²) in [7, 11) is 1.92. The summed E-state index contributed by atoms with van der Waals surface area (Å²) >= 11 is 0. The van der Waals surface area contributed by atoms with Gasteiger partial charge in [0.05, 0.1) is 0 Å². The zero-order valence-corrected chi connectivity index (χ0v) is 10.0. The highest BCUT2D eigenvalue weighted by molar-refractivity contribution is 5.76. The minimum Gasteiger partial charge on any atom is -0.345 e. The van der Waals surface area contributed by atoms with E-state index >= 15 is 0 Å². The molecule has 1 aliphatic carbocycles. The van der Waals surface area contributed by atoms with Gasteiger partial charge in [-0.05, 0) is 31.2 Å². The zero-order valence-electron chi connectivity index (χ0n) is 10.0. The Morgan fingerprint density at radius 2 is 2.07 bits per heavy atom. The van der Waals surface area contributed by atoms with Gasteiger partial charge in [-0.25, -0.2) is 0 Å². The fourth-order valence-corrected chi connectivity index (χ4v) is 2.22. The molecule has 0 radical (unpaired) electrons. The molecule has 0 aromatic heterocycles. The third-order valence-corrected chi connectivity index (χ3v) is 3.36. The smallest absolute Gasteiger partial charge is 0.222 e. The summed E-state index contributed by atoms with van der Waals surface area (Å²) in [4.78, 5) is 13.7. The summed E-state index contributed by atoms with van der Waals surface area (Å²) in [6, 6.07) is 0. The summed E-state index contributed by atoms with van der Waals surface area (Å²) in [5.74, 6) is 1.30. The monoisotopic (exact) mass is 212 g/mol. The number of carbonyl (C=O) groups excluding carboxylic acids is 1. The molecule has 0 saturated heterocycles. The van der Waals surface area contributed by atoms with E-state index in [0.29, 0.717) is 18.9 Å². The maximum atomic E-state index is 11.8. The number of nitrogens with two attached hydrogens (primary N) is 1. The molecule has 0 aromatic carbocycles. The highest BCUT2D eigenvalue weighted by Gasteiger charge is 2.20. The molecule has 0 aromatic rings. The first kappa shape index (κ1) is 12.5. The molecule has 0 aliphatic heterocycles. The third-order valence-electron chi connectivity index (χ3n) is 3.36. The van der Waals surface area contributed by atoms with E-state index < -0.39 is 0 Å². The standard InChI is InChI=1S/C12H24N2O/c1-10(8-13)7-12(15)14(2)9-11-5-3-4-6-11/h10-11H,3-9,13H2,1-2H3. The van der Waals surface area contributed by atoms with Crippen molar-refractivity contribution >= 4 is 5.91 Å². The Bertz CT molecular complexity index is 200. The Labute approximate surface area is 93.0 Å². The Balaban J connectivity index is 2.25. The molecule has 2 N–H and O–H groups in total. The number of amides is 1. The van der Waals surface area contributed by atoms with E-state index in [9.17, 15) is 4.79 Å². The normalized spacial score (nSPS) is 19.1. The predicted molar refractivity (Wildman–Crippen MR) is 62.4 cm³/mol. The predicted octanol–water partition coefficient (Wildman–Crippen LogP) is 1.62. The number of nitrogens with zero attached hydrogens (tertiary/aromatic N) is 1. The van der Waals surface area contributed by atoms with Crippen molar-refractivity contribution in [3.63, 3.8) is 0 Å². The van der Waals surface area contributed by atoms with Crippen molar-refractivity contribution in [3.05, 3.63) is 0 Å². The Morgan fingerprint density at radius 1 is 1.47 bits per heavy atom. The van der Waals surface area contributed by atoms with Crippen LogP contribution in [0, 0.1) is 11.8 Å². The van der Waals surface area contributed by atoms with Gasteiger partial charge in [0.15, 0.2) is 0 Å². The Morgan fingerprint density at radius 3 is 2.60 bits per heavy atom. The van der Waals surface area contributed by atoms with Gasteiger partial charge in [0, 0.05) is 20.0 Å². The van der Waals surface area contributed by atoms with Crippen molar-refractivity contribution < 1.29 is 4.79 Å². The van der Waals surface area contributed by atoms with Crippen molar-refractivity contribution in [2.24, 2.45) is 17.6 Å². The van der Waals surface area contributed by atoms with Gasteiger partial charge in [-0.3, -0.25) is 4.79 Å². The Kier molecular flexibility index (Phi) is 5.09. The number of hydrogen-bond donors (Lipinski definition) is 1. The summed E-state index contributed by atoms with van der Waals surface area (Å²) in [5, 5.41) is 0. The van der Waals surface area contributed by atoms with E-state index in [1.54, 1.807) is 0 Å². The first-order chi connectivity index (χ1) is 7.13. The fourth-order valence-electron chi connectivity index (χ4n) is 2.22. The maximum Gasteiger partial charge on any atom is 0.222 e. The highest BCUT2D eigenvalue weighted by atomic mass is 16.2. The molecule has 1 unspecified atom stereocenters. The quantitative estimate of drug-likeness (QED) is 0.752. The molecule has 1 fully saturated rings. The van der Waals surface area contributed by atoms with Gasteiger partial charge < -0.3 is 10.6 Å². The molecule has 0 bridgehead atoms. The van der Waals surface area contributed by atoms with E-state index in [0.717, 1.165) is 12.5 Å². The molecular weight excluding hydrogens is 188 g/mol. The second-order valence-corrected chi connectivity index (χ2v) is 4.97. The van der Waals surface area contributed by atoms with Crippen molar-refractivity contribution in [1.29, 1.82) is 0 Å². The van der Waals surface area contributed by atoms with Crippen LogP contribution in [-0.4, -0.2) is 30.9 Å². The minimum atomic E-state index is 0.250. The van der Waals surface area contributed by atoms with Crippen molar-refractivity contribution in [3.8, 4) is 0 Å². The summed E-state index contributed by atoms with van der Waals surface area (Å²) in [6.45, 7) is 3.57. The lowest BCUT2D eigenvalue weighted by Crippen LogP contribution is -2.33. The van der Waals surface area contributed by atoms with Crippen LogP contribution >= 0.6 is 0 Å². The molecule has 3 nitrogen and oxygen atoms in total. The van der Waals surface area contributed by atoms with Gasteiger partial charge in [0.2, 0.25) is 5.91 Å². The molecule has 15 heavy (non-hydrogen) atoms. The second-order valence-electron chi connectivity index (χ2n) is 4.97. The maximum absolute atomic E-state index is 11.8. The number of rotatable bonds is 5. The molecule has 0 heterocycles. The van der Waals surface area contributed by atoms with Crippen molar-refractivity contribution in [2.45, 2.75) is 39.0 Å². The fraction of sp³-hybridized carbons (Fsp3) is 0.917. The Hall–Kier alpha value is -0.570. The molecule has 1 saturated carbocycles. The molecule has 1 amide bonds. The highest BCUT2D eigenvalue weighted by Crippen LogP contribution is 2.25. The van der Waals surface area contributed by atoms with Crippen LogP contribution in [0.2, 0.25) is 0 Å². The van der Waals surface area contributed by atoms with Gasteiger partial charge in [-0.15, -0.1) is 0 Å². The molecule has 1 rings (SSSR count). The largest absolute Gasteiger partial charge is 0.345 e. The van der Waals surface area contributed by atoms with E-state index in [1.165, 1.54) is 25.7 Å². The van der Waals surface area contributed by atoms with Gasteiger partial charge >= 0.3 is 0 Å². The summed E-state index contributed by atoms with van der Waals surface area (Å²) in [6.07, 6.45) is 5.87. The molecule has 3 heteroatoms. The van der Waals surface area contributed by atoms with Crippen LogP contribution in [0.4, 0.5) is 0 Å². The van der Waals surface area contributed by atoms with Gasteiger partial charge in [-0.1, -0.05) is 19.8 Å². The van der Waals surface area contributed by atoms with Gasteiger partial charge in [-0.2, -0.15) is 0 Å².